The molecule has 144 valence electrons. The number of rotatable bonds is 4. The molecule has 0 spiro atoms. The van der Waals surface area contributed by atoms with Crippen LogP contribution >= 0.6 is 0 Å². The first-order valence-corrected chi connectivity index (χ1v) is 9.29. The number of para-hydroxylation sites is 1. The standard InChI is InChI=1S/C21H23N5O2/c1-26-13-15(16-9-5-6-10-19(16)26)11-20(27)24-25-21(28)18-12-17(22-23-18)14-7-3-2-4-8-14/h2-10,13,17-18,22-23H,11-12H2,1H3,(H,24,27)(H,25,28). The molecule has 4 rings (SSSR count). The Hall–Kier alpha value is -3.16. The Bertz CT molecular complexity index is 998. The molecule has 1 aromatic heterocycles. The average Bonchev–Trinajstić information content (AvgIpc) is 3.33. The average molecular weight is 377 g/mol. The number of amides is 2. The highest BCUT2D eigenvalue weighted by Crippen LogP contribution is 2.22. The Kier molecular flexibility index (Phi) is 5.10. The molecule has 0 aliphatic carbocycles. The number of fused-ring (bicyclic) bond motifs is 1. The van der Waals surface area contributed by atoms with Crippen LogP contribution in [-0.4, -0.2) is 22.4 Å². The van der Waals surface area contributed by atoms with E-state index < -0.39 is 6.04 Å². The van der Waals surface area contributed by atoms with Crippen molar-refractivity contribution in [3.63, 3.8) is 0 Å². The molecule has 1 saturated heterocycles. The van der Waals surface area contributed by atoms with Crippen LogP contribution in [-0.2, 0) is 23.1 Å². The monoisotopic (exact) mass is 377 g/mol. The van der Waals surface area contributed by atoms with Crippen molar-refractivity contribution in [3.8, 4) is 0 Å². The number of benzene rings is 2. The van der Waals surface area contributed by atoms with Gasteiger partial charge in [0.1, 0.15) is 6.04 Å². The van der Waals surface area contributed by atoms with Gasteiger partial charge in [-0.15, -0.1) is 0 Å². The molecule has 0 saturated carbocycles. The van der Waals surface area contributed by atoms with Gasteiger partial charge in [0.25, 0.3) is 5.91 Å². The number of hydrogen-bond acceptors (Lipinski definition) is 4. The molecule has 7 nitrogen and oxygen atoms in total. The van der Waals surface area contributed by atoms with Crippen molar-refractivity contribution in [3.05, 3.63) is 71.9 Å². The predicted octanol–water partition coefficient (Wildman–Crippen LogP) is 1.48. The number of carbonyl (C=O) groups is 2. The van der Waals surface area contributed by atoms with Gasteiger partial charge in [-0.25, -0.2) is 10.9 Å². The molecule has 1 aliphatic rings. The number of carbonyl (C=O) groups excluding carboxylic acids is 2. The Morgan fingerprint density at radius 1 is 1.04 bits per heavy atom. The van der Waals surface area contributed by atoms with Crippen LogP contribution < -0.4 is 21.7 Å². The molecule has 4 N–H and O–H groups in total. The summed E-state index contributed by atoms with van der Waals surface area (Å²) in [5.74, 6) is -0.521. The number of aryl methyl sites for hydroxylation is 1. The van der Waals surface area contributed by atoms with Gasteiger partial charge in [0.15, 0.2) is 0 Å². The summed E-state index contributed by atoms with van der Waals surface area (Å²) in [6.45, 7) is 0. The molecule has 2 atom stereocenters. The smallest absolute Gasteiger partial charge is 0.256 e. The summed E-state index contributed by atoms with van der Waals surface area (Å²) in [7, 11) is 1.95. The van der Waals surface area contributed by atoms with Crippen molar-refractivity contribution >= 4 is 22.7 Å². The molecule has 3 aromatic rings. The number of aromatic nitrogens is 1. The molecule has 2 heterocycles. The Balaban J connectivity index is 1.30. The molecular weight excluding hydrogens is 354 g/mol. The van der Waals surface area contributed by atoms with Crippen molar-refractivity contribution in [1.29, 1.82) is 0 Å². The van der Waals surface area contributed by atoms with Gasteiger partial charge in [0.2, 0.25) is 5.91 Å². The highest BCUT2D eigenvalue weighted by molar-refractivity contribution is 5.90. The quantitative estimate of drug-likeness (QED) is 0.519. The third-order valence-corrected chi connectivity index (χ3v) is 5.08. The number of nitrogens with zero attached hydrogens (tertiary/aromatic N) is 1. The Morgan fingerprint density at radius 3 is 2.61 bits per heavy atom. The number of hydrogen-bond donors (Lipinski definition) is 4. The first kappa shape index (κ1) is 18.2. The van der Waals surface area contributed by atoms with Gasteiger partial charge >= 0.3 is 0 Å². The van der Waals surface area contributed by atoms with Crippen LogP contribution in [0.4, 0.5) is 0 Å². The second kappa shape index (κ2) is 7.84. The highest BCUT2D eigenvalue weighted by atomic mass is 16.2. The van der Waals surface area contributed by atoms with Gasteiger partial charge in [-0.05, 0) is 23.6 Å². The van der Waals surface area contributed by atoms with Gasteiger partial charge < -0.3 is 4.57 Å². The lowest BCUT2D eigenvalue weighted by Crippen LogP contribution is -2.50. The fourth-order valence-corrected chi connectivity index (χ4v) is 3.63. The van der Waals surface area contributed by atoms with Crippen LogP contribution in [0.2, 0.25) is 0 Å². The van der Waals surface area contributed by atoms with E-state index in [1.54, 1.807) is 0 Å². The van der Waals surface area contributed by atoms with Crippen LogP contribution in [0.1, 0.15) is 23.6 Å². The van der Waals surface area contributed by atoms with E-state index in [0.29, 0.717) is 6.42 Å². The van der Waals surface area contributed by atoms with Crippen molar-refractivity contribution in [2.24, 2.45) is 7.05 Å². The summed E-state index contributed by atoms with van der Waals surface area (Å²) in [5.41, 5.74) is 14.3. The van der Waals surface area contributed by atoms with E-state index in [9.17, 15) is 9.59 Å². The van der Waals surface area contributed by atoms with Crippen LogP contribution in [0, 0.1) is 0 Å². The lowest BCUT2D eigenvalue weighted by Gasteiger charge is -2.11. The van der Waals surface area contributed by atoms with E-state index in [1.807, 2.05) is 72.4 Å². The maximum Gasteiger partial charge on any atom is 0.256 e. The third kappa shape index (κ3) is 3.76. The maximum absolute atomic E-state index is 12.4. The van der Waals surface area contributed by atoms with E-state index in [0.717, 1.165) is 22.0 Å². The highest BCUT2D eigenvalue weighted by Gasteiger charge is 2.30. The molecule has 2 unspecified atom stereocenters. The summed E-state index contributed by atoms with van der Waals surface area (Å²) in [6.07, 6.45) is 2.75. The first-order valence-electron chi connectivity index (χ1n) is 9.29. The first-order chi connectivity index (χ1) is 13.6. The van der Waals surface area contributed by atoms with Crippen LogP contribution in [0.5, 0.6) is 0 Å². The molecule has 28 heavy (non-hydrogen) atoms. The SMILES string of the molecule is Cn1cc(CC(=O)NNC(=O)C2CC(c3ccccc3)NN2)c2ccccc21. The molecule has 2 amide bonds. The largest absolute Gasteiger partial charge is 0.350 e. The topological polar surface area (TPSA) is 87.2 Å². The number of nitrogens with one attached hydrogen (secondary N) is 4. The second-order valence-corrected chi connectivity index (χ2v) is 7.04. The van der Waals surface area contributed by atoms with Gasteiger partial charge in [-0.3, -0.25) is 20.4 Å². The fraction of sp³-hybridized carbons (Fsp3) is 0.238. The van der Waals surface area contributed by atoms with Crippen molar-refractivity contribution in [2.75, 3.05) is 0 Å². The zero-order chi connectivity index (χ0) is 19.5. The van der Waals surface area contributed by atoms with Crippen LogP contribution in [0.15, 0.2) is 60.8 Å². The zero-order valence-electron chi connectivity index (χ0n) is 15.6. The molecule has 0 radical (unpaired) electrons. The number of hydrazine groups is 2. The van der Waals surface area contributed by atoms with Crippen molar-refractivity contribution in [2.45, 2.75) is 24.9 Å². The van der Waals surface area contributed by atoms with E-state index in [2.05, 4.69) is 21.7 Å². The molecule has 0 bridgehead atoms. The molecule has 1 fully saturated rings. The van der Waals surface area contributed by atoms with Crippen LogP contribution in [0.3, 0.4) is 0 Å². The van der Waals surface area contributed by atoms with E-state index in [4.69, 9.17) is 0 Å². The third-order valence-electron chi connectivity index (χ3n) is 5.08. The van der Waals surface area contributed by atoms with Crippen molar-refractivity contribution in [1.82, 2.24) is 26.3 Å². The second-order valence-electron chi connectivity index (χ2n) is 7.04. The Morgan fingerprint density at radius 2 is 1.79 bits per heavy atom. The summed E-state index contributed by atoms with van der Waals surface area (Å²) in [4.78, 5) is 24.7. The van der Waals surface area contributed by atoms with Crippen LogP contribution in [0.25, 0.3) is 10.9 Å². The lowest BCUT2D eigenvalue weighted by molar-refractivity contribution is -0.129. The minimum atomic E-state index is -0.414. The lowest BCUT2D eigenvalue weighted by atomic mass is 10.0. The fourth-order valence-electron chi connectivity index (χ4n) is 3.63. The van der Waals surface area contributed by atoms with Gasteiger partial charge in [-0.2, -0.15) is 0 Å². The summed E-state index contributed by atoms with van der Waals surface area (Å²) in [5, 5.41) is 1.04. The van der Waals surface area contributed by atoms with E-state index in [1.165, 1.54) is 0 Å². The van der Waals surface area contributed by atoms with E-state index in [-0.39, 0.29) is 24.3 Å². The van der Waals surface area contributed by atoms with Crippen molar-refractivity contribution < 1.29 is 9.59 Å². The van der Waals surface area contributed by atoms with Gasteiger partial charge in [-0.1, -0.05) is 48.5 Å². The maximum atomic E-state index is 12.4. The summed E-state index contributed by atoms with van der Waals surface area (Å²) >= 11 is 0. The summed E-state index contributed by atoms with van der Waals surface area (Å²) in [6, 6.07) is 17.5. The molecule has 7 heteroatoms. The molecule has 1 aliphatic heterocycles. The summed E-state index contributed by atoms with van der Waals surface area (Å²) < 4.78 is 1.99. The minimum absolute atomic E-state index is 0.0586. The minimum Gasteiger partial charge on any atom is -0.350 e. The normalized spacial score (nSPS) is 18.9. The Labute approximate surface area is 163 Å². The van der Waals surface area contributed by atoms with E-state index >= 15 is 0 Å². The predicted molar refractivity (Wildman–Crippen MR) is 107 cm³/mol. The molecular formula is C21H23N5O2. The zero-order valence-corrected chi connectivity index (χ0v) is 15.6. The molecule has 2 aromatic carbocycles. The van der Waals surface area contributed by atoms with Gasteiger partial charge in [0, 0.05) is 30.2 Å². The van der Waals surface area contributed by atoms with Gasteiger partial charge in [0.05, 0.1) is 6.42 Å².